The molecule has 1 N–H and O–H groups in total. The third kappa shape index (κ3) is 3.08. The van der Waals surface area contributed by atoms with Crippen molar-refractivity contribution in [3.8, 4) is 0 Å². The second kappa shape index (κ2) is 5.65. The van der Waals surface area contributed by atoms with E-state index < -0.39 is 0 Å². The summed E-state index contributed by atoms with van der Waals surface area (Å²) in [4.78, 5) is 0. The van der Waals surface area contributed by atoms with Gasteiger partial charge < -0.3 is 10.1 Å². The van der Waals surface area contributed by atoms with Gasteiger partial charge in [-0.05, 0) is 42.8 Å². The van der Waals surface area contributed by atoms with Crippen LogP contribution in [0.2, 0.25) is 0 Å². The fourth-order valence-electron chi connectivity index (χ4n) is 2.84. The minimum absolute atomic E-state index is 0.315. The zero-order valence-corrected chi connectivity index (χ0v) is 10.9. The topological polar surface area (TPSA) is 21.3 Å². The van der Waals surface area contributed by atoms with Crippen molar-refractivity contribution >= 4 is 0 Å². The monoisotopic (exact) mass is 233 g/mol. The molecule has 0 bridgehead atoms. The van der Waals surface area contributed by atoms with Crippen molar-refractivity contribution < 1.29 is 4.74 Å². The molecule has 1 saturated heterocycles. The lowest BCUT2D eigenvalue weighted by Crippen LogP contribution is -2.46. The van der Waals surface area contributed by atoms with Crippen LogP contribution in [0.4, 0.5) is 0 Å². The Morgan fingerprint density at radius 1 is 1.35 bits per heavy atom. The van der Waals surface area contributed by atoms with Crippen molar-refractivity contribution in [2.45, 2.75) is 19.8 Å². The van der Waals surface area contributed by atoms with Gasteiger partial charge in [-0.15, -0.1) is 0 Å². The van der Waals surface area contributed by atoms with Gasteiger partial charge in [-0.3, -0.25) is 0 Å². The van der Waals surface area contributed by atoms with Crippen molar-refractivity contribution in [2.75, 3.05) is 26.8 Å². The van der Waals surface area contributed by atoms with E-state index in [0.29, 0.717) is 11.3 Å². The highest BCUT2D eigenvalue weighted by molar-refractivity contribution is 5.16. The first-order valence-corrected chi connectivity index (χ1v) is 6.48. The number of piperidine rings is 1. The van der Waals surface area contributed by atoms with Crippen molar-refractivity contribution in [3.05, 3.63) is 35.9 Å². The fraction of sp³-hybridized carbons (Fsp3) is 0.600. The lowest BCUT2D eigenvalue weighted by Gasteiger charge is -2.41. The van der Waals surface area contributed by atoms with Crippen LogP contribution in [0.25, 0.3) is 0 Å². The quantitative estimate of drug-likeness (QED) is 0.862. The van der Waals surface area contributed by atoms with E-state index in [2.05, 4.69) is 42.6 Å². The molecular weight excluding hydrogens is 210 g/mol. The molecule has 1 heterocycles. The highest BCUT2D eigenvalue weighted by Gasteiger charge is 2.36. The van der Waals surface area contributed by atoms with Gasteiger partial charge >= 0.3 is 0 Å². The van der Waals surface area contributed by atoms with Crippen molar-refractivity contribution in [1.29, 1.82) is 0 Å². The highest BCUT2D eigenvalue weighted by Crippen LogP contribution is 2.35. The van der Waals surface area contributed by atoms with Gasteiger partial charge in [-0.25, -0.2) is 0 Å². The Morgan fingerprint density at radius 3 is 2.82 bits per heavy atom. The summed E-state index contributed by atoms with van der Waals surface area (Å²) in [5.74, 6) is 0.665. The predicted octanol–water partition coefficient (Wildman–Crippen LogP) is 2.49. The molecule has 0 aromatic heterocycles. The third-order valence-electron chi connectivity index (χ3n) is 4.05. The van der Waals surface area contributed by atoms with Gasteiger partial charge in [-0.2, -0.15) is 0 Å². The molecule has 1 fully saturated rings. The van der Waals surface area contributed by atoms with Crippen LogP contribution in [0.15, 0.2) is 30.3 Å². The number of rotatable bonds is 4. The van der Waals surface area contributed by atoms with Crippen molar-refractivity contribution in [3.63, 3.8) is 0 Å². The second-order valence-corrected chi connectivity index (χ2v) is 5.43. The third-order valence-corrected chi connectivity index (χ3v) is 4.05. The number of benzene rings is 1. The molecule has 17 heavy (non-hydrogen) atoms. The largest absolute Gasteiger partial charge is 0.384 e. The average molecular weight is 233 g/mol. The van der Waals surface area contributed by atoms with Gasteiger partial charge in [-0.1, -0.05) is 37.3 Å². The first-order valence-electron chi connectivity index (χ1n) is 6.48. The van der Waals surface area contributed by atoms with Crippen molar-refractivity contribution in [2.24, 2.45) is 11.3 Å². The maximum atomic E-state index is 5.42. The Bertz CT molecular complexity index is 334. The van der Waals surface area contributed by atoms with Gasteiger partial charge in [0.15, 0.2) is 0 Å². The Kier molecular flexibility index (Phi) is 4.19. The van der Waals surface area contributed by atoms with E-state index >= 15 is 0 Å². The molecule has 2 heteroatoms. The van der Waals surface area contributed by atoms with Crippen LogP contribution in [-0.2, 0) is 11.2 Å². The van der Waals surface area contributed by atoms with Gasteiger partial charge in [0, 0.05) is 7.11 Å². The van der Waals surface area contributed by atoms with E-state index in [-0.39, 0.29) is 0 Å². The average Bonchev–Trinajstić information content (AvgIpc) is 2.34. The Labute approximate surface area is 104 Å². The van der Waals surface area contributed by atoms with E-state index in [0.717, 1.165) is 26.1 Å². The van der Waals surface area contributed by atoms with E-state index in [9.17, 15) is 0 Å². The van der Waals surface area contributed by atoms with Gasteiger partial charge in [0.2, 0.25) is 0 Å². The maximum Gasteiger partial charge on any atom is 0.0519 e. The SMILES string of the molecule is COCC1(C)CCNCC1Cc1ccccc1. The van der Waals surface area contributed by atoms with Crippen LogP contribution in [0, 0.1) is 11.3 Å². The molecular formula is C15H23NO. The van der Waals surface area contributed by atoms with Crippen LogP contribution in [-0.4, -0.2) is 26.8 Å². The molecule has 1 aromatic rings. The predicted molar refractivity (Wildman–Crippen MR) is 71.1 cm³/mol. The van der Waals surface area contributed by atoms with Crippen LogP contribution in [0.5, 0.6) is 0 Å². The fourth-order valence-corrected chi connectivity index (χ4v) is 2.84. The molecule has 0 spiro atoms. The van der Waals surface area contributed by atoms with Gasteiger partial charge in [0.1, 0.15) is 0 Å². The molecule has 2 atom stereocenters. The van der Waals surface area contributed by atoms with Crippen LogP contribution in [0.1, 0.15) is 18.9 Å². The molecule has 1 aliphatic heterocycles. The molecule has 1 aliphatic rings. The lowest BCUT2D eigenvalue weighted by molar-refractivity contribution is 0.0231. The zero-order chi connectivity index (χ0) is 12.1. The molecule has 94 valence electrons. The summed E-state index contributed by atoms with van der Waals surface area (Å²) in [7, 11) is 1.81. The number of hydrogen-bond donors (Lipinski definition) is 1. The molecule has 2 rings (SSSR count). The summed E-state index contributed by atoms with van der Waals surface area (Å²) in [5.41, 5.74) is 1.75. The van der Waals surface area contributed by atoms with E-state index in [1.54, 1.807) is 0 Å². The number of hydrogen-bond acceptors (Lipinski definition) is 2. The van der Waals surface area contributed by atoms with Gasteiger partial charge in [0.05, 0.1) is 6.61 Å². The zero-order valence-electron chi connectivity index (χ0n) is 10.9. The van der Waals surface area contributed by atoms with Crippen LogP contribution < -0.4 is 5.32 Å². The van der Waals surface area contributed by atoms with Gasteiger partial charge in [0.25, 0.3) is 0 Å². The molecule has 2 nitrogen and oxygen atoms in total. The number of methoxy groups -OCH3 is 1. The standard InChI is InChI=1S/C15H23NO/c1-15(12-17-2)8-9-16-11-14(15)10-13-6-4-3-5-7-13/h3-7,14,16H,8-12H2,1-2H3. The first-order chi connectivity index (χ1) is 8.24. The molecule has 0 saturated carbocycles. The normalized spacial score (nSPS) is 29.2. The minimum Gasteiger partial charge on any atom is -0.384 e. The second-order valence-electron chi connectivity index (χ2n) is 5.43. The summed E-state index contributed by atoms with van der Waals surface area (Å²) < 4.78 is 5.42. The molecule has 0 aliphatic carbocycles. The molecule has 0 amide bonds. The van der Waals surface area contributed by atoms with Crippen LogP contribution in [0.3, 0.4) is 0 Å². The highest BCUT2D eigenvalue weighted by atomic mass is 16.5. The van der Waals surface area contributed by atoms with E-state index in [1.807, 2.05) is 7.11 Å². The maximum absolute atomic E-state index is 5.42. The molecule has 0 radical (unpaired) electrons. The molecule has 1 aromatic carbocycles. The summed E-state index contributed by atoms with van der Waals surface area (Å²) in [6.45, 7) is 5.46. The Hall–Kier alpha value is -0.860. The van der Waals surface area contributed by atoms with E-state index in [4.69, 9.17) is 4.74 Å². The number of ether oxygens (including phenoxy) is 1. The Morgan fingerprint density at radius 2 is 2.12 bits per heavy atom. The van der Waals surface area contributed by atoms with Crippen molar-refractivity contribution in [1.82, 2.24) is 5.32 Å². The van der Waals surface area contributed by atoms with Crippen LogP contribution >= 0.6 is 0 Å². The lowest BCUT2D eigenvalue weighted by atomic mass is 9.70. The summed E-state index contributed by atoms with van der Waals surface area (Å²) in [6, 6.07) is 10.8. The first kappa shape index (κ1) is 12.6. The summed E-state index contributed by atoms with van der Waals surface area (Å²) in [5, 5.41) is 3.51. The number of nitrogens with one attached hydrogen (secondary N) is 1. The minimum atomic E-state index is 0.315. The Balaban J connectivity index is 2.06. The van der Waals surface area contributed by atoms with E-state index in [1.165, 1.54) is 12.0 Å². The smallest absolute Gasteiger partial charge is 0.0519 e. The molecule has 2 unspecified atom stereocenters. The summed E-state index contributed by atoms with van der Waals surface area (Å²) >= 11 is 0. The summed E-state index contributed by atoms with van der Waals surface area (Å²) in [6.07, 6.45) is 2.35.